The van der Waals surface area contributed by atoms with Crippen molar-refractivity contribution in [1.82, 2.24) is 20.3 Å². The summed E-state index contributed by atoms with van der Waals surface area (Å²) in [6.45, 7) is 5.28. The second-order valence-electron chi connectivity index (χ2n) is 10.2. The quantitative estimate of drug-likeness (QED) is 0.259. The number of nitrogens with zero attached hydrogens (tertiary/aromatic N) is 3. The topological polar surface area (TPSA) is 120 Å². The first-order valence-corrected chi connectivity index (χ1v) is 14.5. The number of nitrogens with one attached hydrogen (secondary N) is 3. The number of methoxy groups -OCH3 is 2. The Kier molecular flexibility index (Phi) is 9.32. The maximum absolute atomic E-state index is 12.0. The van der Waals surface area contributed by atoms with Crippen LogP contribution in [-0.4, -0.2) is 66.9 Å². The summed E-state index contributed by atoms with van der Waals surface area (Å²) in [5.74, 6) is 2.18. The zero-order chi connectivity index (χ0) is 28.9. The molecule has 3 N–H and O–H groups in total. The molecule has 0 bridgehead atoms. The van der Waals surface area contributed by atoms with Gasteiger partial charge in [-0.15, -0.1) is 0 Å². The number of carbonyl (C=O) groups excluding carboxylic acids is 1. The summed E-state index contributed by atoms with van der Waals surface area (Å²) >= 11 is 13.5. The van der Waals surface area contributed by atoms with E-state index in [9.17, 15) is 4.79 Å². The van der Waals surface area contributed by atoms with Gasteiger partial charge in [0.15, 0.2) is 5.82 Å². The van der Waals surface area contributed by atoms with E-state index in [4.69, 9.17) is 47.4 Å². The molecule has 2 aliphatic rings. The van der Waals surface area contributed by atoms with Crippen molar-refractivity contribution in [3.63, 3.8) is 0 Å². The van der Waals surface area contributed by atoms with Crippen LogP contribution < -0.4 is 25.4 Å². The summed E-state index contributed by atoms with van der Waals surface area (Å²) in [7, 11) is 3.07. The lowest BCUT2D eigenvalue weighted by molar-refractivity contribution is -0.117. The second-order valence-corrected chi connectivity index (χ2v) is 11.0. The van der Waals surface area contributed by atoms with Gasteiger partial charge in [0, 0.05) is 36.4 Å². The molecule has 0 radical (unpaired) electrons. The number of carbonyl (C=O) groups is 1. The highest BCUT2D eigenvalue weighted by Crippen LogP contribution is 2.46. The Balaban J connectivity index is 1.54. The number of rotatable bonds is 10. The maximum Gasteiger partial charge on any atom is 0.243 e. The summed E-state index contributed by atoms with van der Waals surface area (Å²) in [5, 5.41) is 11.3. The van der Waals surface area contributed by atoms with Crippen molar-refractivity contribution >= 4 is 51.8 Å². The van der Waals surface area contributed by atoms with E-state index < -0.39 is 0 Å². The number of anilines is 2. The van der Waals surface area contributed by atoms with Gasteiger partial charge in [-0.1, -0.05) is 42.6 Å². The van der Waals surface area contributed by atoms with Gasteiger partial charge in [0.2, 0.25) is 11.9 Å². The van der Waals surface area contributed by atoms with Crippen molar-refractivity contribution < 1.29 is 19.0 Å². The van der Waals surface area contributed by atoms with Crippen LogP contribution in [-0.2, 0) is 9.53 Å². The monoisotopic (exact) mass is 600 g/mol. The third-order valence-electron chi connectivity index (χ3n) is 7.61. The van der Waals surface area contributed by atoms with Gasteiger partial charge in [0.1, 0.15) is 17.0 Å². The number of amides is 1. The Labute approximate surface area is 249 Å². The molecule has 1 aliphatic heterocycles. The molecular formula is C29H34Cl2N6O4. The van der Waals surface area contributed by atoms with Crippen LogP contribution >= 0.6 is 23.2 Å². The molecule has 0 unspecified atom stereocenters. The summed E-state index contributed by atoms with van der Waals surface area (Å²) < 4.78 is 16.6. The number of aromatic nitrogens is 3. The minimum atomic E-state index is -0.232. The van der Waals surface area contributed by atoms with Gasteiger partial charge < -0.3 is 30.2 Å². The molecule has 10 nitrogen and oxygen atoms in total. The predicted octanol–water partition coefficient (Wildman–Crippen LogP) is 5.49. The van der Waals surface area contributed by atoms with Crippen molar-refractivity contribution in [3.8, 4) is 22.8 Å². The Hall–Kier alpha value is -3.34. The van der Waals surface area contributed by atoms with E-state index in [0.29, 0.717) is 75.6 Å². The molecule has 12 heteroatoms. The van der Waals surface area contributed by atoms with E-state index in [2.05, 4.69) is 27.5 Å². The molecule has 1 saturated carbocycles. The SMILES string of the molecule is C=CC(=O)N[C@H]1CCOC[C@H]1Nc1ncc2cc(-c3c(Cl)c(OC)cc(OC)c3Cl)nc(NCC3CCCC3)c2n1. The van der Waals surface area contributed by atoms with E-state index in [-0.39, 0.29) is 18.0 Å². The lowest BCUT2D eigenvalue weighted by Crippen LogP contribution is -2.52. The molecule has 2 atom stereocenters. The molecule has 41 heavy (non-hydrogen) atoms. The Morgan fingerprint density at radius 1 is 1.10 bits per heavy atom. The molecule has 5 rings (SSSR count). The number of pyridine rings is 1. The van der Waals surface area contributed by atoms with E-state index >= 15 is 0 Å². The summed E-state index contributed by atoms with van der Waals surface area (Å²) in [5.41, 5.74) is 1.68. The normalized spacial score (nSPS) is 19.1. The summed E-state index contributed by atoms with van der Waals surface area (Å²) in [6, 6.07) is 3.13. The molecule has 1 aromatic carbocycles. The highest BCUT2D eigenvalue weighted by molar-refractivity contribution is 6.41. The van der Waals surface area contributed by atoms with Crippen LogP contribution in [0.2, 0.25) is 10.0 Å². The van der Waals surface area contributed by atoms with Crippen LogP contribution in [0, 0.1) is 5.92 Å². The van der Waals surface area contributed by atoms with Gasteiger partial charge >= 0.3 is 0 Å². The van der Waals surface area contributed by atoms with Crippen molar-refractivity contribution in [2.24, 2.45) is 5.92 Å². The van der Waals surface area contributed by atoms with Crippen LogP contribution in [0.1, 0.15) is 32.1 Å². The molecule has 1 amide bonds. The van der Waals surface area contributed by atoms with Gasteiger partial charge in [-0.3, -0.25) is 4.79 Å². The Morgan fingerprint density at radius 2 is 1.83 bits per heavy atom. The first-order valence-electron chi connectivity index (χ1n) is 13.7. The van der Waals surface area contributed by atoms with E-state index in [1.807, 2.05) is 6.07 Å². The molecule has 2 aromatic heterocycles. The first-order chi connectivity index (χ1) is 19.9. The number of benzene rings is 1. The zero-order valence-corrected chi connectivity index (χ0v) is 24.6. The average molecular weight is 602 g/mol. The highest BCUT2D eigenvalue weighted by atomic mass is 35.5. The lowest BCUT2D eigenvalue weighted by atomic mass is 10.0. The number of ether oxygens (including phenoxy) is 3. The maximum atomic E-state index is 12.0. The van der Waals surface area contributed by atoms with Crippen LogP contribution in [0.25, 0.3) is 22.2 Å². The van der Waals surface area contributed by atoms with Gasteiger partial charge in [-0.2, -0.15) is 0 Å². The molecule has 1 aliphatic carbocycles. The van der Waals surface area contributed by atoms with Crippen LogP contribution in [0.3, 0.4) is 0 Å². The predicted molar refractivity (Wildman–Crippen MR) is 161 cm³/mol. The fourth-order valence-electron chi connectivity index (χ4n) is 5.39. The number of hydrogen-bond donors (Lipinski definition) is 3. The van der Waals surface area contributed by atoms with Crippen molar-refractivity contribution in [2.45, 2.75) is 44.2 Å². The molecule has 3 aromatic rings. The summed E-state index contributed by atoms with van der Waals surface area (Å²) in [6.07, 6.45) is 8.48. The fraction of sp³-hybridized carbons (Fsp3) is 0.448. The lowest BCUT2D eigenvalue weighted by Gasteiger charge is -2.32. The van der Waals surface area contributed by atoms with Gasteiger partial charge in [-0.25, -0.2) is 15.0 Å². The third kappa shape index (κ3) is 6.45. The molecule has 3 heterocycles. The van der Waals surface area contributed by atoms with E-state index in [0.717, 1.165) is 11.9 Å². The molecule has 1 saturated heterocycles. The molecule has 0 spiro atoms. The smallest absolute Gasteiger partial charge is 0.243 e. The fourth-order valence-corrected chi connectivity index (χ4v) is 6.08. The van der Waals surface area contributed by atoms with Gasteiger partial charge in [0.05, 0.1) is 48.6 Å². The van der Waals surface area contributed by atoms with Crippen molar-refractivity contribution in [2.75, 3.05) is 44.6 Å². The minimum Gasteiger partial charge on any atom is -0.495 e. The van der Waals surface area contributed by atoms with Gasteiger partial charge in [0.25, 0.3) is 0 Å². The van der Waals surface area contributed by atoms with E-state index in [1.54, 1.807) is 12.3 Å². The Morgan fingerprint density at radius 3 is 2.51 bits per heavy atom. The van der Waals surface area contributed by atoms with Crippen molar-refractivity contribution in [3.05, 3.63) is 41.0 Å². The molecule has 2 fully saturated rings. The van der Waals surface area contributed by atoms with Gasteiger partial charge in [-0.05, 0) is 37.3 Å². The van der Waals surface area contributed by atoms with Crippen molar-refractivity contribution in [1.29, 1.82) is 0 Å². The van der Waals surface area contributed by atoms with Crippen LogP contribution in [0.4, 0.5) is 11.8 Å². The third-order valence-corrected chi connectivity index (χ3v) is 8.36. The average Bonchev–Trinajstić information content (AvgIpc) is 3.51. The van der Waals surface area contributed by atoms with Crippen LogP contribution in [0.15, 0.2) is 31.0 Å². The minimum absolute atomic E-state index is 0.152. The molecule has 218 valence electrons. The summed E-state index contributed by atoms with van der Waals surface area (Å²) in [4.78, 5) is 26.4. The standard InChI is InChI=1S/C29H34Cl2N6O4/c1-4-23(38)34-18-9-10-41-15-20(18)36-29-33-14-17-11-19(24-25(30)21(39-2)12-22(40-3)26(24)31)35-28(27(17)37-29)32-13-16-7-5-6-8-16/h4,11-12,14,16,18,20H,1,5-10,13,15H2,2-3H3,(H,32,35)(H,34,38)(H,33,36,37)/t18-,20+/m0/s1. The second kappa shape index (κ2) is 13.1. The van der Waals surface area contributed by atoms with Crippen LogP contribution in [0.5, 0.6) is 11.5 Å². The molecular weight excluding hydrogens is 567 g/mol. The highest BCUT2D eigenvalue weighted by Gasteiger charge is 2.28. The largest absolute Gasteiger partial charge is 0.495 e. The number of fused-ring (bicyclic) bond motifs is 1. The van der Waals surface area contributed by atoms with E-state index in [1.165, 1.54) is 46.0 Å². The number of hydrogen-bond acceptors (Lipinski definition) is 9. The zero-order valence-electron chi connectivity index (χ0n) is 23.1. The number of halogens is 2. The first kappa shape index (κ1) is 29.2. The Bertz CT molecular complexity index is 1400.